The molecular formula is C11H17F2N3O. The van der Waals surface area contributed by atoms with Gasteiger partial charge in [0.2, 0.25) is 5.88 Å². The Kier molecular flexibility index (Phi) is 4.74. The van der Waals surface area contributed by atoms with Gasteiger partial charge in [-0.05, 0) is 20.8 Å². The Morgan fingerprint density at radius 2 is 2.06 bits per heavy atom. The van der Waals surface area contributed by atoms with Gasteiger partial charge in [0.1, 0.15) is 0 Å². The maximum Gasteiger partial charge on any atom is 0.272 e. The van der Waals surface area contributed by atoms with Gasteiger partial charge in [0.05, 0.1) is 11.9 Å². The lowest BCUT2D eigenvalue weighted by atomic mass is 10.1. The molecule has 6 heteroatoms. The third-order valence-corrected chi connectivity index (χ3v) is 1.82. The molecule has 0 atom stereocenters. The van der Waals surface area contributed by atoms with E-state index in [1.165, 1.54) is 6.20 Å². The van der Waals surface area contributed by atoms with Crippen LogP contribution in [0.15, 0.2) is 12.4 Å². The van der Waals surface area contributed by atoms with Gasteiger partial charge in [-0.15, -0.1) is 0 Å². The number of halogens is 2. The lowest BCUT2D eigenvalue weighted by molar-refractivity contribution is 0.0792. The van der Waals surface area contributed by atoms with Crippen molar-refractivity contribution in [3.8, 4) is 5.88 Å². The summed E-state index contributed by atoms with van der Waals surface area (Å²) in [7, 11) is 0. The minimum absolute atomic E-state index is 0.0402. The van der Waals surface area contributed by atoms with Gasteiger partial charge in [0, 0.05) is 18.3 Å². The zero-order chi connectivity index (χ0) is 12.9. The monoisotopic (exact) mass is 245 g/mol. The molecule has 1 heterocycles. The lowest BCUT2D eigenvalue weighted by Gasteiger charge is -2.20. The molecule has 0 spiro atoms. The van der Waals surface area contributed by atoms with Crippen LogP contribution >= 0.6 is 0 Å². The number of alkyl halides is 2. The molecule has 0 unspecified atom stereocenters. The first-order valence-electron chi connectivity index (χ1n) is 5.34. The maximum atomic E-state index is 11.9. The summed E-state index contributed by atoms with van der Waals surface area (Å²) < 4.78 is 28.7. The van der Waals surface area contributed by atoms with Crippen molar-refractivity contribution in [3.05, 3.63) is 18.1 Å². The van der Waals surface area contributed by atoms with Crippen LogP contribution in [0.1, 0.15) is 26.5 Å². The fraction of sp³-hybridized carbons (Fsp3) is 0.636. The number of nitrogens with one attached hydrogen (secondary N) is 1. The Balaban J connectivity index is 2.54. The van der Waals surface area contributed by atoms with Crippen LogP contribution in [-0.4, -0.2) is 28.5 Å². The molecule has 0 aromatic carbocycles. The van der Waals surface area contributed by atoms with Crippen LogP contribution in [0.5, 0.6) is 5.88 Å². The molecule has 1 N–H and O–H groups in total. The molecule has 0 aliphatic carbocycles. The van der Waals surface area contributed by atoms with Gasteiger partial charge >= 0.3 is 0 Å². The Morgan fingerprint density at radius 1 is 1.35 bits per heavy atom. The first-order chi connectivity index (χ1) is 7.87. The van der Waals surface area contributed by atoms with Crippen LogP contribution in [0.4, 0.5) is 8.78 Å². The third-order valence-electron chi connectivity index (χ3n) is 1.82. The second kappa shape index (κ2) is 5.86. The number of rotatable bonds is 5. The van der Waals surface area contributed by atoms with Crippen LogP contribution in [0, 0.1) is 0 Å². The molecule has 0 saturated carbocycles. The summed E-state index contributed by atoms with van der Waals surface area (Å²) in [4.78, 5) is 7.96. The van der Waals surface area contributed by atoms with Crippen molar-refractivity contribution in [2.75, 3.05) is 6.61 Å². The second-order valence-corrected chi connectivity index (χ2v) is 4.65. The fourth-order valence-electron chi connectivity index (χ4n) is 1.05. The van der Waals surface area contributed by atoms with E-state index in [1.54, 1.807) is 6.20 Å². The normalized spacial score (nSPS) is 11.9. The van der Waals surface area contributed by atoms with Crippen LogP contribution in [0.3, 0.4) is 0 Å². The standard InChI is InChI=1S/C11H17F2N3O/c1-11(2,3)15-5-8-4-14-6-10(16-8)17-7-9(12)13/h4,6,9,15H,5,7H2,1-3H3. The first kappa shape index (κ1) is 13.8. The van der Waals surface area contributed by atoms with Crippen molar-refractivity contribution in [1.82, 2.24) is 15.3 Å². The molecule has 0 aliphatic heterocycles. The van der Waals surface area contributed by atoms with E-state index in [-0.39, 0.29) is 11.4 Å². The molecule has 0 amide bonds. The average Bonchev–Trinajstić information content (AvgIpc) is 2.23. The Bertz CT molecular complexity index is 353. The molecule has 4 nitrogen and oxygen atoms in total. The Hall–Kier alpha value is -1.30. The van der Waals surface area contributed by atoms with E-state index < -0.39 is 13.0 Å². The van der Waals surface area contributed by atoms with Crippen LogP contribution in [0.25, 0.3) is 0 Å². The SMILES string of the molecule is CC(C)(C)NCc1cncc(OCC(F)F)n1. The molecule has 0 radical (unpaired) electrons. The van der Waals surface area contributed by atoms with Crippen LogP contribution in [-0.2, 0) is 6.54 Å². The summed E-state index contributed by atoms with van der Waals surface area (Å²) in [5.74, 6) is 0.124. The van der Waals surface area contributed by atoms with Crippen molar-refractivity contribution in [2.45, 2.75) is 39.3 Å². The zero-order valence-corrected chi connectivity index (χ0v) is 10.2. The summed E-state index contributed by atoms with van der Waals surface area (Å²) in [5.41, 5.74) is 0.619. The van der Waals surface area contributed by atoms with Crippen LogP contribution in [0.2, 0.25) is 0 Å². The second-order valence-electron chi connectivity index (χ2n) is 4.65. The van der Waals surface area contributed by atoms with E-state index in [4.69, 9.17) is 4.74 Å². The number of hydrogen-bond acceptors (Lipinski definition) is 4. The van der Waals surface area contributed by atoms with E-state index in [0.717, 1.165) is 0 Å². The van der Waals surface area contributed by atoms with E-state index in [2.05, 4.69) is 15.3 Å². The van der Waals surface area contributed by atoms with E-state index in [0.29, 0.717) is 12.2 Å². The smallest absolute Gasteiger partial charge is 0.272 e. The highest BCUT2D eigenvalue weighted by molar-refractivity contribution is 5.08. The van der Waals surface area contributed by atoms with Crippen molar-refractivity contribution >= 4 is 0 Å². The number of nitrogens with zero attached hydrogens (tertiary/aromatic N) is 2. The molecule has 96 valence electrons. The molecule has 0 aliphatic rings. The third kappa shape index (κ3) is 6.11. The predicted molar refractivity (Wildman–Crippen MR) is 60.1 cm³/mol. The van der Waals surface area contributed by atoms with Crippen molar-refractivity contribution in [1.29, 1.82) is 0 Å². The number of ether oxygens (including phenoxy) is 1. The topological polar surface area (TPSA) is 47.0 Å². The zero-order valence-electron chi connectivity index (χ0n) is 10.2. The van der Waals surface area contributed by atoms with E-state index in [1.807, 2.05) is 20.8 Å². The average molecular weight is 245 g/mol. The molecular weight excluding hydrogens is 228 g/mol. The maximum absolute atomic E-state index is 11.9. The molecule has 1 aromatic heterocycles. The molecule has 0 bridgehead atoms. The highest BCUT2D eigenvalue weighted by atomic mass is 19.3. The summed E-state index contributed by atoms with van der Waals surface area (Å²) >= 11 is 0. The minimum atomic E-state index is -2.51. The predicted octanol–water partition coefficient (Wildman–Crippen LogP) is 2.01. The fourth-order valence-corrected chi connectivity index (χ4v) is 1.05. The summed E-state index contributed by atoms with van der Waals surface area (Å²) in [5, 5.41) is 3.22. The van der Waals surface area contributed by atoms with E-state index >= 15 is 0 Å². The lowest BCUT2D eigenvalue weighted by Crippen LogP contribution is -2.35. The van der Waals surface area contributed by atoms with E-state index in [9.17, 15) is 8.78 Å². The van der Waals surface area contributed by atoms with Crippen molar-refractivity contribution in [2.24, 2.45) is 0 Å². The summed E-state index contributed by atoms with van der Waals surface area (Å²) in [6, 6.07) is 0. The molecule has 0 fully saturated rings. The quantitative estimate of drug-likeness (QED) is 0.862. The van der Waals surface area contributed by atoms with Gasteiger partial charge in [-0.2, -0.15) is 0 Å². The molecule has 1 aromatic rings. The van der Waals surface area contributed by atoms with Crippen molar-refractivity contribution < 1.29 is 13.5 Å². The highest BCUT2D eigenvalue weighted by Crippen LogP contribution is 2.08. The van der Waals surface area contributed by atoms with Gasteiger partial charge in [-0.3, -0.25) is 4.98 Å². The van der Waals surface area contributed by atoms with Crippen LogP contribution < -0.4 is 10.1 Å². The van der Waals surface area contributed by atoms with Gasteiger partial charge in [-0.1, -0.05) is 0 Å². The molecule has 1 rings (SSSR count). The summed E-state index contributed by atoms with van der Waals surface area (Å²) in [6.45, 7) is 5.93. The van der Waals surface area contributed by atoms with Gasteiger partial charge in [-0.25, -0.2) is 13.8 Å². The Labute approximate surface area is 99.4 Å². The van der Waals surface area contributed by atoms with Crippen molar-refractivity contribution in [3.63, 3.8) is 0 Å². The first-order valence-corrected chi connectivity index (χ1v) is 5.34. The number of hydrogen-bond donors (Lipinski definition) is 1. The Morgan fingerprint density at radius 3 is 2.65 bits per heavy atom. The highest BCUT2D eigenvalue weighted by Gasteiger charge is 2.10. The minimum Gasteiger partial charge on any atom is -0.470 e. The molecule has 17 heavy (non-hydrogen) atoms. The number of aromatic nitrogens is 2. The molecule has 0 saturated heterocycles. The largest absolute Gasteiger partial charge is 0.470 e. The van der Waals surface area contributed by atoms with Gasteiger partial charge in [0.25, 0.3) is 6.43 Å². The van der Waals surface area contributed by atoms with Gasteiger partial charge in [0.15, 0.2) is 6.61 Å². The summed E-state index contributed by atoms with van der Waals surface area (Å²) in [6.07, 6.45) is 0.393. The van der Waals surface area contributed by atoms with Gasteiger partial charge < -0.3 is 10.1 Å².